The second-order valence-corrected chi connectivity index (χ2v) is 16.1. The van der Waals surface area contributed by atoms with E-state index in [1.165, 1.54) is 18.7 Å². The first-order valence-electron chi connectivity index (χ1n) is 11.3. The van der Waals surface area contributed by atoms with Gasteiger partial charge in [0.2, 0.25) is 0 Å². The van der Waals surface area contributed by atoms with Crippen LogP contribution in [0.25, 0.3) is 0 Å². The van der Waals surface area contributed by atoms with E-state index >= 15 is 0 Å². The topological polar surface area (TPSA) is 66.8 Å². The molecule has 1 fully saturated rings. The summed E-state index contributed by atoms with van der Waals surface area (Å²) >= 11 is 6.41. The Bertz CT molecular complexity index is 904. The Morgan fingerprint density at radius 1 is 1.12 bits per heavy atom. The van der Waals surface area contributed by atoms with Crippen LogP contribution in [0.5, 0.6) is 5.75 Å². The third-order valence-corrected chi connectivity index (χ3v) is 13.1. The molecular weight excluding hydrogens is 442 g/mol. The Kier molecular flexibility index (Phi) is 8.12. The van der Waals surface area contributed by atoms with Crippen LogP contribution in [0.4, 0.5) is 5.69 Å². The van der Waals surface area contributed by atoms with Crippen molar-refractivity contribution in [2.45, 2.75) is 96.5 Å². The number of aliphatic carboxylic acids is 1. The van der Waals surface area contributed by atoms with Crippen LogP contribution in [-0.4, -0.2) is 36.7 Å². The fraction of sp³-hybridized carbons (Fsp3) is 0.600. The molecule has 1 aromatic rings. The minimum absolute atomic E-state index is 0.179. The summed E-state index contributed by atoms with van der Waals surface area (Å²) in [5.41, 5.74) is 3.35. The summed E-state index contributed by atoms with van der Waals surface area (Å²) in [7, 11) is -2.16. The molecule has 0 unspecified atom stereocenters. The average molecular weight is 478 g/mol. The Hall–Kier alpha value is -1.97. The molecule has 5 nitrogen and oxygen atoms in total. The predicted molar refractivity (Wildman–Crippen MR) is 133 cm³/mol. The summed E-state index contributed by atoms with van der Waals surface area (Å²) in [5.74, 6) is 1.74. The number of hydrogen-bond acceptors (Lipinski definition) is 3. The smallest absolute Gasteiger partial charge is 0.329 e. The van der Waals surface area contributed by atoms with E-state index < -0.39 is 25.5 Å². The Morgan fingerprint density at radius 3 is 2.06 bits per heavy atom. The number of benzene rings is 1. The van der Waals surface area contributed by atoms with E-state index in [-0.39, 0.29) is 6.10 Å². The van der Waals surface area contributed by atoms with Crippen LogP contribution in [0.3, 0.4) is 0 Å². The quantitative estimate of drug-likeness (QED) is 0.352. The summed E-state index contributed by atoms with van der Waals surface area (Å²) in [5, 5.41) is 10.2. The summed E-state index contributed by atoms with van der Waals surface area (Å²) < 4.78 is 5.78. The van der Waals surface area contributed by atoms with E-state index in [1.807, 2.05) is 0 Å². The van der Waals surface area contributed by atoms with Gasteiger partial charge in [0.15, 0.2) is 0 Å². The SMILES string of the molecule is CC(C)[Si](C#CC(=O)N(c1ccc(OC2CC2)c(Cl)c1)C(C)(C)C(=O)O)(C(C)C)C(C)C. The molecule has 1 N–H and O–H groups in total. The highest BCUT2D eigenvalue weighted by Crippen LogP contribution is 2.41. The van der Waals surface area contributed by atoms with Gasteiger partial charge in [-0.25, -0.2) is 4.79 Å². The zero-order chi connectivity index (χ0) is 24.4. The zero-order valence-corrected chi connectivity index (χ0v) is 22.2. The second kappa shape index (κ2) is 9.89. The number of carbonyl (C=O) groups excluding carboxylic acids is 1. The molecule has 0 spiro atoms. The highest BCUT2D eigenvalue weighted by molar-refractivity contribution is 6.90. The zero-order valence-electron chi connectivity index (χ0n) is 20.5. The standard InChI is InChI=1S/C25H36ClNO4Si/c1-16(2)32(17(3)4,18(5)6)14-13-23(28)27(25(7,8)24(29)30)19-9-12-22(21(26)15-19)31-20-10-11-20/h9,12,15-18,20H,10-11H2,1-8H3,(H,29,30). The fourth-order valence-corrected chi connectivity index (χ4v) is 9.94. The van der Waals surface area contributed by atoms with Gasteiger partial charge in [-0.15, -0.1) is 5.54 Å². The number of carboxylic acids is 1. The van der Waals surface area contributed by atoms with Crippen molar-refractivity contribution in [3.63, 3.8) is 0 Å². The number of nitrogens with zero attached hydrogens (tertiary/aromatic N) is 1. The van der Waals surface area contributed by atoms with Crippen molar-refractivity contribution in [1.82, 2.24) is 0 Å². The second-order valence-electron chi connectivity index (χ2n) is 10.1. The van der Waals surface area contributed by atoms with Crippen LogP contribution in [0.15, 0.2) is 18.2 Å². The van der Waals surface area contributed by atoms with Crippen molar-refractivity contribution < 1.29 is 19.4 Å². The molecule has 2 rings (SSSR count). The molecule has 0 aromatic heterocycles. The van der Waals surface area contributed by atoms with Gasteiger partial charge in [-0.2, -0.15) is 0 Å². The Labute approximate surface area is 198 Å². The maximum Gasteiger partial charge on any atom is 0.329 e. The highest BCUT2D eigenvalue weighted by atomic mass is 35.5. The van der Waals surface area contributed by atoms with Gasteiger partial charge in [0.25, 0.3) is 0 Å². The third-order valence-electron chi connectivity index (χ3n) is 6.53. The van der Waals surface area contributed by atoms with Crippen molar-refractivity contribution >= 4 is 37.2 Å². The molecule has 32 heavy (non-hydrogen) atoms. The van der Waals surface area contributed by atoms with Gasteiger partial charge in [0.05, 0.1) is 11.1 Å². The van der Waals surface area contributed by atoms with E-state index in [0.29, 0.717) is 33.1 Å². The fourth-order valence-electron chi connectivity index (χ4n) is 4.53. The lowest BCUT2D eigenvalue weighted by Crippen LogP contribution is -2.53. The van der Waals surface area contributed by atoms with Crippen molar-refractivity contribution in [2.24, 2.45) is 0 Å². The van der Waals surface area contributed by atoms with Gasteiger partial charge in [0.1, 0.15) is 19.4 Å². The Balaban J connectivity index is 2.53. The van der Waals surface area contributed by atoms with Crippen molar-refractivity contribution in [3.05, 3.63) is 23.2 Å². The summed E-state index contributed by atoms with van der Waals surface area (Å²) in [6.07, 6.45) is 2.17. The van der Waals surface area contributed by atoms with Crippen LogP contribution in [0.1, 0.15) is 68.2 Å². The molecule has 176 valence electrons. The molecule has 1 aromatic carbocycles. The maximum absolute atomic E-state index is 13.4. The maximum atomic E-state index is 13.4. The van der Waals surface area contributed by atoms with Crippen LogP contribution in [0, 0.1) is 11.5 Å². The monoisotopic (exact) mass is 477 g/mol. The number of amides is 1. The lowest BCUT2D eigenvalue weighted by molar-refractivity contribution is -0.143. The van der Waals surface area contributed by atoms with E-state index in [4.69, 9.17) is 16.3 Å². The average Bonchev–Trinajstić information content (AvgIpc) is 3.47. The van der Waals surface area contributed by atoms with E-state index in [1.54, 1.807) is 18.2 Å². The van der Waals surface area contributed by atoms with Gasteiger partial charge in [-0.1, -0.05) is 53.1 Å². The normalized spacial score (nSPS) is 14.4. The lowest BCUT2D eigenvalue weighted by atomic mass is 10.0. The summed E-state index contributed by atoms with van der Waals surface area (Å²) in [6, 6.07) is 4.95. The molecule has 0 bridgehead atoms. The molecule has 1 aliphatic rings. The summed E-state index contributed by atoms with van der Waals surface area (Å²) in [4.78, 5) is 26.7. The van der Waals surface area contributed by atoms with Crippen LogP contribution < -0.4 is 9.64 Å². The molecule has 0 aliphatic heterocycles. The number of hydrogen-bond donors (Lipinski definition) is 1. The van der Waals surface area contributed by atoms with E-state index in [2.05, 4.69) is 53.0 Å². The largest absolute Gasteiger partial charge is 0.489 e. The number of anilines is 1. The molecule has 0 atom stereocenters. The molecule has 1 amide bonds. The molecular formula is C25H36ClNO4Si. The highest BCUT2D eigenvalue weighted by Gasteiger charge is 2.43. The molecule has 7 heteroatoms. The Morgan fingerprint density at radius 2 is 1.66 bits per heavy atom. The number of carbonyl (C=O) groups is 2. The van der Waals surface area contributed by atoms with Gasteiger partial charge < -0.3 is 9.84 Å². The lowest BCUT2D eigenvalue weighted by Gasteiger charge is -2.38. The minimum atomic E-state index is -2.16. The number of rotatable bonds is 8. The van der Waals surface area contributed by atoms with Crippen molar-refractivity contribution in [2.75, 3.05) is 4.90 Å². The number of ether oxygens (including phenoxy) is 1. The molecule has 1 saturated carbocycles. The summed E-state index contributed by atoms with van der Waals surface area (Å²) in [6.45, 7) is 16.0. The van der Waals surface area contributed by atoms with Gasteiger partial charge >= 0.3 is 11.9 Å². The number of carboxylic acid groups (broad SMARTS) is 1. The molecule has 1 aliphatic carbocycles. The van der Waals surface area contributed by atoms with Gasteiger partial charge in [-0.3, -0.25) is 9.69 Å². The first kappa shape index (κ1) is 26.3. The van der Waals surface area contributed by atoms with Gasteiger partial charge in [0, 0.05) is 5.69 Å². The first-order chi connectivity index (χ1) is 14.7. The van der Waals surface area contributed by atoms with Gasteiger partial charge in [-0.05, 0) is 67.4 Å². The molecule has 0 radical (unpaired) electrons. The van der Waals surface area contributed by atoms with Crippen LogP contribution in [0.2, 0.25) is 21.6 Å². The molecule has 0 saturated heterocycles. The molecule has 0 heterocycles. The third kappa shape index (κ3) is 5.32. The van der Waals surface area contributed by atoms with Crippen molar-refractivity contribution in [3.8, 4) is 17.2 Å². The van der Waals surface area contributed by atoms with E-state index in [9.17, 15) is 14.7 Å². The number of halogens is 1. The van der Waals surface area contributed by atoms with Crippen LogP contribution in [-0.2, 0) is 9.59 Å². The minimum Gasteiger partial charge on any atom is -0.489 e. The van der Waals surface area contributed by atoms with E-state index in [0.717, 1.165) is 12.8 Å². The first-order valence-corrected chi connectivity index (χ1v) is 13.9. The van der Waals surface area contributed by atoms with Crippen LogP contribution >= 0.6 is 11.6 Å². The predicted octanol–water partition coefficient (Wildman–Crippen LogP) is 6.30. The van der Waals surface area contributed by atoms with Crippen molar-refractivity contribution in [1.29, 1.82) is 0 Å².